The molecule has 0 aromatic carbocycles. The molecule has 10 heavy (non-hydrogen) atoms. The number of rotatable bonds is 5. The van der Waals surface area contributed by atoms with Crippen LogP contribution in [-0.2, 0) is 0 Å². The summed E-state index contributed by atoms with van der Waals surface area (Å²) >= 11 is 7.22. The summed E-state index contributed by atoms with van der Waals surface area (Å²) in [5, 5.41) is 0.651. The fraction of sp³-hybridized carbons (Fsp3) is 0.714. The van der Waals surface area contributed by atoms with Gasteiger partial charge in [-0.2, -0.15) is 11.8 Å². The summed E-state index contributed by atoms with van der Waals surface area (Å²) in [4.78, 5) is 0. The number of halogens is 1. The SMILES string of the molecule is CC(CCN)SCC=CCl. The van der Waals surface area contributed by atoms with E-state index < -0.39 is 0 Å². The van der Waals surface area contributed by atoms with Crippen molar-refractivity contribution in [1.29, 1.82) is 0 Å². The zero-order chi connectivity index (χ0) is 7.82. The van der Waals surface area contributed by atoms with E-state index in [9.17, 15) is 0 Å². The number of hydrogen-bond acceptors (Lipinski definition) is 2. The number of hydrogen-bond donors (Lipinski definition) is 1. The van der Waals surface area contributed by atoms with Gasteiger partial charge in [0.15, 0.2) is 0 Å². The van der Waals surface area contributed by atoms with Crippen LogP contribution in [0.1, 0.15) is 13.3 Å². The van der Waals surface area contributed by atoms with Crippen LogP contribution < -0.4 is 5.73 Å². The summed E-state index contributed by atoms with van der Waals surface area (Å²) in [6, 6.07) is 0. The van der Waals surface area contributed by atoms with Crippen molar-refractivity contribution in [2.45, 2.75) is 18.6 Å². The second-order valence-corrected chi connectivity index (χ2v) is 3.81. The van der Waals surface area contributed by atoms with Gasteiger partial charge in [0, 0.05) is 16.5 Å². The van der Waals surface area contributed by atoms with Crippen molar-refractivity contribution < 1.29 is 0 Å². The predicted octanol–water partition coefficient (Wildman–Crippen LogP) is 2.21. The molecule has 3 heteroatoms. The Balaban J connectivity index is 3.12. The van der Waals surface area contributed by atoms with Gasteiger partial charge in [-0.3, -0.25) is 0 Å². The van der Waals surface area contributed by atoms with Gasteiger partial charge in [-0.1, -0.05) is 24.6 Å². The van der Waals surface area contributed by atoms with E-state index in [4.69, 9.17) is 17.3 Å². The minimum absolute atomic E-state index is 0.651. The third-order valence-electron chi connectivity index (χ3n) is 1.14. The van der Waals surface area contributed by atoms with Crippen LogP contribution in [0.15, 0.2) is 11.6 Å². The maximum absolute atomic E-state index is 5.38. The summed E-state index contributed by atoms with van der Waals surface area (Å²) < 4.78 is 0. The molecule has 1 atom stereocenters. The van der Waals surface area contributed by atoms with Crippen molar-refractivity contribution in [3.05, 3.63) is 11.6 Å². The average Bonchev–Trinajstić information content (AvgIpc) is 1.89. The largest absolute Gasteiger partial charge is 0.330 e. The van der Waals surface area contributed by atoms with Crippen LogP contribution in [-0.4, -0.2) is 17.5 Å². The molecule has 0 aliphatic carbocycles. The standard InChI is InChI=1S/C7H14ClNS/c1-7(3-5-9)10-6-2-4-8/h2,4,7H,3,5-6,9H2,1H3. The lowest BCUT2D eigenvalue weighted by atomic mass is 10.3. The normalized spacial score (nSPS) is 14.3. The molecule has 0 spiro atoms. The van der Waals surface area contributed by atoms with E-state index in [1.165, 1.54) is 0 Å². The molecule has 0 heterocycles. The summed E-state index contributed by atoms with van der Waals surface area (Å²) in [5.74, 6) is 0.991. The fourth-order valence-electron chi connectivity index (χ4n) is 0.574. The maximum atomic E-state index is 5.38. The van der Waals surface area contributed by atoms with E-state index in [0.717, 1.165) is 18.7 Å². The van der Waals surface area contributed by atoms with Crippen molar-refractivity contribution in [2.75, 3.05) is 12.3 Å². The van der Waals surface area contributed by atoms with Gasteiger partial charge in [0.1, 0.15) is 0 Å². The molecule has 0 aliphatic rings. The predicted molar refractivity (Wildman–Crippen MR) is 50.6 cm³/mol. The first-order valence-electron chi connectivity index (χ1n) is 3.38. The highest BCUT2D eigenvalue weighted by Gasteiger charge is 1.97. The quantitative estimate of drug-likeness (QED) is 0.701. The van der Waals surface area contributed by atoms with Gasteiger partial charge in [-0.05, 0) is 13.0 Å². The molecule has 0 aliphatic heterocycles. The minimum atomic E-state index is 0.651. The maximum Gasteiger partial charge on any atom is 0.0127 e. The molecule has 0 bridgehead atoms. The first-order valence-corrected chi connectivity index (χ1v) is 4.86. The Morgan fingerprint density at radius 1 is 1.70 bits per heavy atom. The minimum Gasteiger partial charge on any atom is -0.330 e. The smallest absolute Gasteiger partial charge is 0.0127 e. The van der Waals surface area contributed by atoms with Crippen molar-refractivity contribution in [1.82, 2.24) is 0 Å². The molecule has 0 rings (SSSR count). The lowest BCUT2D eigenvalue weighted by molar-refractivity contribution is 0.824. The Hall–Kier alpha value is 0.340. The first kappa shape index (κ1) is 10.3. The Kier molecular flexibility index (Phi) is 7.70. The Bertz CT molecular complexity index is 95.6. The molecule has 1 unspecified atom stereocenters. The van der Waals surface area contributed by atoms with Crippen molar-refractivity contribution in [2.24, 2.45) is 5.73 Å². The second-order valence-electron chi connectivity index (χ2n) is 2.08. The van der Waals surface area contributed by atoms with Crippen molar-refractivity contribution in [3.63, 3.8) is 0 Å². The van der Waals surface area contributed by atoms with E-state index in [1.807, 2.05) is 17.8 Å². The third kappa shape index (κ3) is 6.46. The Morgan fingerprint density at radius 3 is 2.90 bits per heavy atom. The van der Waals surface area contributed by atoms with Gasteiger partial charge in [0.25, 0.3) is 0 Å². The van der Waals surface area contributed by atoms with Crippen molar-refractivity contribution in [3.8, 4) is 0 Å². The summed E-state index contributed by atoms with van der Waals surface area (Å²) in [6.45, 7) is 2.96. The molecule has 0 aromatic rings. The highest BCUT2D eigenvalue weighted by molar-refractivity contribution is 8.00. The number of thioether (sulfide) groups is 1. The van der Waals surface area contributed by atoms with E-state index in [2.05, 4.69) is 6.92 Å². The van der Waals surface area contributed by atoms with Gasteiger partial charge in [0.05, 0.1) is 0 Å². The monoisotopic (exact) mass is 179 g/mol. The summed E-state index contributed by atoms with van der Waals surface area (Å²) in [6.07, 6.45) is 3.03. The number of nitrogens with two attached hydrogens (primary N) is 1. The van der Waals surface area contributed by atoms with Gasteiger partial charge in [0.2, 0.25) is 0 Å². The van der Waals surface area contributed by atoms with Crippen LogP contribution >= 0.6 is 23.4 Å². The summed E-state index contributed by atoms with van der Waals surface area (Å²) in [5.41, 5.74) is 6.93. The average molecular weight is 180 g/mol. The molecule has 0 saturated carbocycles. The Morgan fingerprint density at radius 2 is 2.40 bits per heavy atom. The zero-order valence-corrected chi connectivity index (χ0v) is 7.79. The van der Waals surface area contributed by atoms with Crippen molar-refractivity contribution >= 4 is 23.4 Å². The van der Waals surface area contributed by atoms with Gasteiger partial charge < -0.3 is 5.73 Å². The van der Waals surface area contributed by atoms with Crippen LogP contribution in [0.3, 0.4) is 0 Å². The van der Waals surface area contributed by atoms with Crippen LogP contribution in [0.5, 0.6) is 0 Å². The van der Waals surface area contributed by atoms with E-state index in [-0.39, 0.29) is 0 Å². The molecule has 0 aromatic heterocycles. The highest BCUT2D eigenvalue weighted by Crippen LogP contribution is 2.12. The highest BCUT2D eigenvalue weighted by atomic mass is 35.5. The van der Waals surface area contributed by atoms with Gasteiger partial charge in [-0.15, -0.1) is 0 Å². The molecule has 0 amide bonds. The van der Waals surface area contributed by atoms with Crippen LogP contribution in [0.2, 0.25) is 0 Å². The van der Waals surface area contributed by atoms with E-state index >= 15 is 0 Å². The zero-order valence-electron chi connectivity index (χ0n) is 6.22. The van der Waals surface area contributed by atoms with Crippen LogP contribution in [0, 0.1) is 0 Å². The van der Waals surface area contributed by atoms with E-state index in [0.29, 0.717) is 5.25 Å². The molecule has 60 valence electrons. The molecular weight excluding hydrogens is 166 g/mol. The fourth-order valence-corrected chi connectivity index (χ4v) is 1.61. The molecule has 2 N–H and O–H groups in total. The molecular formula is C7H14ClNS. The van der Waals surface area contributed by atoms with Crippen LogP contribution in [0.4, 0.5) is 0 Å². The molecule has 1 nitrogen and oxygen atoms in total. The second kappa shape index (κ2) is 7.45. The summed E-state index contributed by atoms with van der Waals surface area (Å²) in [7, 11) is 0. The van der Waals surface area contributed by atoms with E-state index in [1.54, 1.807) is 5.54 Å². The third-order valence-corrected chi connectivity index (χ3v) is 2.51. The Labute approximate surface area is 72.0 Å². The molecule has 0 radical (unpaired) electrons. The lowest BCUT2D eigenvalue weighted by Gasteiger charge is -2.06. The first-order chi connectivity index (χ1) is 4.81. The van der Waals surface area contributed by atoms with Gasteiger partial charge in [-0.25, -0.2) is 0 Å². The molecule has 0 saturated heterocycles. The topological polar surface area (TPSA) is 26.0 Å². The van der Waals surface area contributed by atoms with Crippen LogP contribution in [0.25, 0.3) is 0 Å². The lowest BCUT2D eigenvalue weighted by Crippen LogP contribution is -2.07. The molecule has 0 fully saturated rings. The van der Waals surface area contributed by atoms with Gasteiger partial charge >= 0.3 is 0 Å².